The van der Waals surface area contributed by atoms with Crippen LogP contribution in [0.25, 0.3) is 11.3 Å². The van der Waals surface area contributed by atoms with Gasteiger partial charge in [-0.3, -0.25) is 4.79 Å². The van der Waals surface area contributed by atoms with Gasteiger partial charge in [0.2, 0.25) is 5.95 Å². The summed E-state index contributed by atoms with van der Waals surface area (Å²) in [6.45, 7) is 8.50. The van der Waals surface area contributed by atoms with E-state index in [1.807, 2.05) is 38.1 Å². The third kappa shape index (κ3) is 4.54. The minimum absolute atomic E-state index is 0.0528. The first-order valence-electron chi connectivity index (χ1n) is 7.30. The third-order valence-corrected chi connectivity index (χ3v) is 2.93. The Morgan fingerprint density at radius 1 is 1.35 bits per heavy atom. The maximum absolute atomic E-state index is 11.9. The average Bonchev–Trinajstić information content (AvgIpc) is 2.53. The Balaban J connectivity index is 2.32. The first kappa shape index (κ1) is 16.5. The van der Waals surface area contributed by atoms with Crippen LogP contribution in [0.15, 0.2) is 42.5 Å². The van der Waals surface area contributed by atoms with Gasteiger partial charge in [-0.1, -0.05) is 18.7 Å². The Morgan fingerprint density at radius 2 is 2.13 bits per heavy atom. The van der Waals surface area contributed by atoms with Gasteiger partial charge in [0.1, 0.15) is 18.1 Å². The highest BCUT2D eigenvalue weighted by atomic mass is 16.5. The van der Waals surface area contributed by atoms with Crippen molar-refractivity contribution in [2.45, 2.75) is 13.8 Å². The molecule has 1 heterocycles. The maximum atomic E-state index is 11.9. The van der Waals surface area contributed by atoms with Crippen molar-refractivity contribution < 1.29 is 9.53 Å². The molecular formula is C17H20N4O2. The molecule has 2 aromatic rings. The van der Waals surface area contributed by atoms with E-state index in [4.69, 9.17) is 10.5 Å². The summed E-state index contributed by atoms with van der Waals surface area (Å²) in [5.74, 6) is 0.469. The highest BCUT2D eigenvalue weighted by Gasteiger charge is 2.11. The van der Waals surface area contributed by atoms with Crippen molar-refractivity contribution in [1.82, 2.24) is 15.3 Å². The smallest absolute Gasteiger partial charge is 0.270 e. The predicted molar refractivity (Wildman–Crippen MR) is 90.2 cm³/mol. The predicted octanol–water partition coefficient (Wildman–Crippen LogP) is 2.43. The summed E-state index contributed by atoms with van der Waals surface area (Å²) in [7, 11) is 0. The number of hydrogen-bond acceptors (Lipinski definition) is 5. The minimum Gasteiger partial charge on any atom is -0.489 e. The van der Waals surface area contributed by atoms with Crippen LogP contribution in [-0.4, -0.2) is 29.0 Å². The SMILES string of the molecule is C=C(C)COc1cccc(-c2cc(C(=O)NCC)nc(N)n2)c1. The summed E-state index contributed by atoms with van der Waals surface area (Å²) >= 11 is 0. The van der Waals surface area contributed by atoms with Gasteiger partial charge in [0.05, 0.1) is 5.69 Å². The number of nitrogens with one attached hydrogen (secondary N) is 1. The van der Waals surface area contributed by atoms with E-state index in [2.05, 4.69) is 21.9 Å². The number of amides is 1. The molecule has 0 unspecified atom stereocenters. The van der Waals surface area contributed by atoms with Crippen LogP contribution in [0.3, 0.4) is 0 Å². The standard InChI is InChI=1S/C17H20N4O2/c1-4-19-16(22)15-9-14(20-17(18)21-15)12-6-5-7-13(8-12)23-10-11(2)3/h5-9H,2,4,10H2,1,3H3,(H,19,22)(H2,18,20,21). The second-order valence-electron chi connectivity index (χ2n) is 5.13. The summed E-state index contributed by atoms with van der Waals surface area (Å²) in [5.41, 5.74) is 8.26. The third-order valence-electron chi connectivity index (χ3n) is 2.93. The van der Waals surface area contributed by atoms with Crippen LogP contribution in [0, 0.1) is 0 Å². The van der Waals surface area contributed by atoms with Crippen molar-refractivity contribution in [3.8, 4) is 17.0 Å². The van der Waals surface area contributed by atoms with Crippen LogP contribution in [-0.2, 0) is 0 Å². The Morgan fingerprint density at radius 3 is 2.83 bits per heavy atom. The van der Waals surface area contributed by atoms with Gasteiger partial charge >= 0.3 is 0 Å². The quantitative estimate of drug-likeness (QED) is 0.800. The number of anilines is 1. The Labute approximate surface area is 135 Å². The Kier molecular flexibility index (Phi) is 5.30. The van der Waals surface area contributed by atoms with Crippen LogP contribution in [0.4, 0.5) is 5.95 Å². The molecule has 23 heavy (non-hydrogen) atoms. The minimum atomic E-state index is -0.280. The molecule has 0 spiro atoms. The molecule has 0 aliphatic rings. The van der Waals surface area contributed by atoms with Gasteiger partial charge in [-0.05, 0) is 37.6 Å². The number of benzene rings is 1. The zero-order chi connectivity index (χ0) is 16.8. The van der Waals surface area contributed by atoms with E-state index < -0.39 is 0 Å². The number of carbonyl (C=O) groups is 1. The van der Waals surface area contributed by atoms with E-state index in [-0.39, 0.29) is 17.5 Å². The Bertz CT molecular complexity index is 728. The van der Waals surface area contributed by atoms with Gasteiger partial charge in [-0.25, -0.2) is 9.97 Å². The molecule has 1 amide bonds. The second-order valence-corrected chi connectivity index (χ2v) is 5.13. The largest absolute Gasteiger partial charge is 0.489 e. The molecule has 2 rings (SSSR count). The first-order valence-corrected chi connectivity index (χ1v) is 7.30. The van der Waals surface area contributed by atoms with Crippen LogP contribution in [0.1, 0.15) is 24.3 Å². The van der Waals surface area contributed by atoms with E-state index >= 15 is 0 Å². The molecule has 0 aliphatic heterocycles. The fourth-order valence-corrected chi connectivity index (χ4v) is 1.93. The van der Waals surface area contributed by atoms with Crippen LogP contribution < -0.4 is 15.8 Å². The molecule has 0 fully saturated rings. The summed E-state index contributed by atoms with van der Waals surface area (Å²) in [6, 6.07) is 9.03. The molecule has 0 bridgehead atoms. The maximum Gasteiger partial charge on any atom is 0.270 e. The summed E-state index contributed by atoms with van der Waals surface area (Å²) < 4.78 is 5.62. The number of nitrogen functional groups attached to an aromatic ring is 1. The average molecular weight is 312 g/mol. The van der Waals surface area contributed by atoms with E-state index in [0.717, 1.165) is 11.1 Å². The van der Waals surface area contributed by atoms with Gasteiger partial charge in [0.25, 0.3) is 5.91 Å². The van der Waals surface area contributed by atoms with E-state index in [0.29, 0.717) is 24.6 Å². The molecule has 0 aliphatic carbocycles. The van der Waals surface area contributed by atoms with Gasteiger partial charge in [0, 0.05) is 12.1 Å². The number of carbonyl (C=O) groups excluding carboxylic acids is 1. The summed E-state index contributed by atoms with van der Waals surface area (Å²) in [5, 5.41) is 2.69. The van der Waals surface area contributed by atoms with Crippen LogP contribution >= 0.6 is 0 Å². The van der Waals surface area contributed by atoms with Crippen LogP contribution in [0.5, 0.6) is 5.75 Å². The number of ether oxygens (including phenoxy) is 1. The lowest BCUT2D eigenvalue weighted by atomic mass is 10.1. The number of aromatic nitrogens is 2. The Hall–Kier alpha value is -2.89. The van der Waals surface area contributed by atoms with Gasteiger partial charge in [-0.15, -0.1) is 0 Å². The molecule has 0 atom stereocenters. The monoisotopic (exact) mass is 312 g/mol. The molecule has 6 heteroatoms. The fraction of sp³-hybridized carbons (Fsp3) is 0.235. The zero-order valence-electron chi connectivity index (χ0n) is 13.3. The van der Waals surface area contributed by atoms with Crippen molar-refractivity contribution in [3.63, 3.8) is 0 Å². The van der Waals surface area contributed by atoms with E-state index in [1.54, 1.807) is 6.07 Å². The van der Waals surface area contributed by atoms with Crippen molar-refractivity contribution >= 4 is 11.9 Å². The van der Waals surface area contributed by atoms with Gasteiger partial charge < -0.3 is 15.8 Å². The lowest BCUT2D eigenvalue weighted by Crippen LogP contribution is -2.24. The topological polar surface area (TPSA) is 90.1 Å². The zero-order valence-corrected chi connectivity index (χ0v) is 13.3. The molecule has 6 nitrogen and oxygen atoms in total. The van der Waals surface area contributed by atoms with Crippen molar-refractivity contribution in [3.05, 3.63) is 48.2 Å². The summed E-state index contributed by atoms with van der Waals surface area (Å²) in [6.07, 6.45) is 0. The van der Waals surface area contributed by atoms with Gasteiger partial charge in [0.15, 0.2) is 0 Å². The molecule has 3 N–H and O–H groups in total. The normalized spacial score (nSPS) is 10.2. The first-order chi connectivity index (χ1) is 11.0. The van der Waals surface area contributed by atoms with Crippen molar-refractivity contribution in [1.29, 1.82) is 0 Å². The molecule has 0 radical (unpaired) electrons. The molecule has 0 saturated carbocycles. The molecule has 120 valence electrons. The number of nitrogens with zero attached hydrogens (tertiary/aromatic N) is 2. The molecule has 1 aromatic carbocycles. The molecule has 1 aromatic heterocycles. The number of nitrogens with two attached hydrogens (primary N) is 1. The number of rotatable bonds is 6. The highest BCUT2D eigenvalue weighted by Crippen LogP contribution is 2.23. The molecular weight excluding hydrogens is 292 g/mol. The second kappa shape index (κ2) is 7.40. The van der Waals surface area contributed by atoms with Crippen molar-refractivity contribution in [2.75, 3.05) is 18.9 Å². The van der Waals surface area contributed by atoms with E-state index in [9.17, 15) is 4.79 Å². The van der Waals surface area contributed by atoms with Crippen molar-refractivity contribution in [2.24, 2.45) is 0 Å². The lowest BCUT2D eigenvalue weighted by Gasteiger charge is -2.09. The molecule has 0 saturated heterocycles. The van der Waals surface area contributed by atoms with E-state index in [1.165, 1.54) is 0 Å². The van der Waals surface area contributed by atoms with Crippen LogP contribution in [0.2, 0.25) is 0 Å². The summed E-state index contributed by atoms with van der Waals surface area (Å²) in [4.78, 5) is 20.1. The lowest BCUT2D eigenvalue weighted by molar-refractivity contribution is 0.0951. The fourth-order valence-electron chi connectivity index (χ4n) is 1.93. The number of hydrogen-bond donors (Lipinski definition) is 2. The van der Waals surface area contributed by atoms with Gasteiger partial charge in [-0.2, -0.15) is 0 Å². The highest BCUT2D eigenvalue weighted by molar-refractivity contribution is 5.93.